The third-order valence-electron chi connectivity index (χ3n) is 3.33. The fourth-order valence-corrected chi connectivity index (χ4v) is 1.95. The standard InChI is InChI=1S/C18H21N3O2/c1-3-14-4-6-15(7-5-14)12-20-21-18(22)13-19-16-8-10-17(23-2)11-9-16/h4-12,19H,3,13H2,1-2H3,(H,21,22)/b20-12-. The second kappa shape index (κ2) is 8.58. The van der Waals surface area contributed by atoms with Crippen molar-refractivity contribution in [1.82, 2.24) is 5.43 Å². The number of carbonyl (C=O) groups is 1. The largest absolute Gasteiger partial charge is 0.497 e. The average molecular weight is 311 g/mol. The first kappa shape index (κ1) is 16.5. The first-order chi connectivity index (χ1) is 11.2. The van der Waals surface area contributed by atoms with Crippen LogP contribution in [0.4, 0.5) is 5.69 Å². The van der Waals surface area contributed by atoms with E-state index in [0.29, 0.717) is 0 Å². The van der Waals surface area contributed by atoms with Crippen molar-refractivity contribution in [3.05, 3.63) is 59.7 Å². The lowest BCUT2D eigenvalue weighted by Crippen LogP contribution is -2.25. The molecule has 0 aliphatic rings. The number of amides is 1. The van der Waals surface area contributed by atoms with Crippen LogP contribution in [0, 0.1) is 0 Å². The van der Waals surface area contributed by atoms with Crippen LogP contribution in [0.15, 0.2) is 53.6 Å². The molecule has 2 aromatic rings. The van der Waals surface area contributed by atoms with Gasteiger partial charge in [0.2, 0.25) is 0 Å². The number of methoxy groups -OCH3 is 1. The van der Waals surface area contributed by atoms with E-state index >= 15 is 0 Å². The molecule has 5 nitrogen and oxygen atoms in total. The van der Waals surface area contributed by atoms with Crippen molar-refractivity contribution in [2.75, 3.05) is 19.0 Å². The molecular formula is C18H21N3O2. The molecule has 0 aliphatic heterocycles. The summed E-state index contributed by atoms with van der Waals surface area (Å²) in [5.74, 6) is 0.570. The number of anilines is 1. The van der Waals surface area contributed by atoms with Crippen LogP contribution in [0.1, 0.15) is 18.1 Å². The number of hydrogen-bond donors (Lipinski definition) is 2. The number of hydrazone groups is 1. The molecule has 0 aromatic heterocycles. The van der Waals surface area contributed by atoms with Gasteiger partial charge in [0, 0.05) is 5.69 Å². The molecule has 5 heteroatoms. The van der Waals surface area contributed by atoms with Crippen LogP contribution >= 0.6 is 0 Å². The van der Waals surface area contributed by atoms with Gasteiger partial charge in [-0.3, -0.25) is 4.79 Å². The third-order valence-corrected chi connectivity index (χ3v) is 3.33. The van der Waals surface area contributed by atoms with E-state index in [9.17, 15) is 4.79 Å². The lowest BCUT2D eigenvalue weighted by molar-refractivity contribution is -0.119. The van der Waals surface area contributed by atoms with Gasteiger partial charge in [0.15, 0.2) is 0 Å². The Bertz CT molecular complexity index is 649. The van der Waals surface area contributed by atoms with Gasteiger partial charge in [-0.05, 0) is 41.8 Å². The Morgan fingerprint density at radius 1 is 1.13 bits per heavy atom. The molecule has 23 heavy (non-hydrogen) atoms. The van der Waals surface area contributed by atoms with E-state index in [1.165, 1.54) is 5.56 Å². The van der Waals surface area contributed by atoms with Crippen LogP contribution in [0.2, 0.25) is 0 Å². The van der Waals surface area contributed by atoms with Crippen molar-refractivity contribution in [2.45, 2.75) is 13.3 Å². The molecule has 2 N–H and O–H groups in total. The van der Waals surface area contributed by atoms with Gasteiger partial charge in [-0.1, -0.05) is 31.2 Å². The van der Waals surface area contributed by atoms with E-state index in [2.05, 4.69) is 34.9 Å². The number of ether oxygens (including phenoxy) is 1. The molecular weight excluding hydrogens is 290 g/mol. The summed E-state index contributed by atoms with van der Waals surface area (Å²) in [5, 5.41) is 6.97. The molecule has 2 rings (SSSR count). The van der Waals surface area contributed by atoms with Crippen LogP contribution in [0.3, 0.4) is 0 Å². The highest BCUT2D eigenvalue weighted by atomic mass is 16.5. The molecule has 0 unspecified atom stereocenters. The maximum Gasteiger partial charge on any atom is 0.259 e. The summed E-state index contributed by atoms with van der Waals surface area (Å²) in [6.07, 6.45) is 2.63. The Morgan fingerprint density at radius 3 is 2.43 bits per heavy atom. The van der Waals surface area contributed by atoms with Gasteiger partial charge in [0.05, 0.1) is 19.9 Å². The van der Waals surface area contributed by atoms with Gasteiger partial charge in [-0.15, -0.1) is 0 Å². The fourth-order valence-electron chi connectivity index (χ4n) is 1.95. The number of nitrogens with one attached hydrogen (secondary N) is 2. The van der Waals surface area contributed by atoms with Gasteiger partial charge in [0.25, 0.3) is 5.91 Å². The molecule has 1 amide bonds. The number of benzene rings is 2. The first-order valence-electron chi connectivity index (χ1n) is 7.50. The number of rotatable bonds is 7. The second-order valence-corrected chi connectivity index (χ2v) is 4.97. The summed E-state index contributed by atoms with van der Waals surface area (Å²) in [6, 6.07) is 15.4. The minimum Gasteiger partial charge on any atom is -0.497 e. The summed E-state index contributed by atoms with van der Waals surface area (Å²) in [7, 11) is 1.61. The van der Waals surface area contributed by atoms with Crippen molar-refractivity contribution < 1.29 is 9.53 Å². The summed E-state index contributed by atoms with van der Waals surface area (Å²) in [5.41, 5.74) is 5.57. The highest BCUT2D eigenvalue weighted by Crippen LogP contribution is 2.14. The van der Waals surface area contributed by atoms with E-state index in [4.69, 9.17) is 4.74 Å². The normalized spacial score (nSPS) is 10.5. The summed E-state index contributed by atoms with van der Waals surface area (Å²) < 4.78 is 5.08. The monoisotopic (exact) mass is 311 g/mol. The van der Waals surface area contributed by atoms with Crippen molar-refractivity contribution in [3.63, 3.8) is 0 Å². The molecule has 0 saturated heterocycles. The number of nitrogens with zero attached hydrogens (tertiary/aromatic N) is 1. The van der Waals surface area contributed by atoms with E-state index < -0.39 is 0 Å². The van der Waals surface area contributed by atoms with Gasteiger partial charge in [0.1, 0.15) is 5.75 Å². The molecule has 0 spiro atoms. The summed E-state index contributed by atoms with van der Waals surface area (Å²) in [4.78, 5) is 11.7. The Labute approximate surface area is 136 Å². The summed E-state index contributed by atoms with van der Waals surface area (Å²) in [6.45, 7) is 2.26. The van der Waals surface area contributed by atoms with Gasteiger partial charge in [-0.25, -0.2) is 5.43 Å². The van der Waals surface area contributed by atoms with Gasteiger partial charge >= 0.3 is 0 Å². The molecule has 0 saturated carbocycles. The predicted molar refractivity (Wildman–Crippen MR) is 93.0 cm³/mol. The minimum atomic E-state index is -0.206. The molecule has 0 heterocycles. The van der Waals surface area contributed by atoms with E-state index in [1.807, 2.05) is 36.4 Å². The molecule has 0 radical (unpaired) electrons. The van der Waals surface area contributed by atoms with Crippen molar-refractivity contribution >= 4 is 17.8 Å². The Morgan fingerprint density at radius 2 is 1.83 bits per heavy atom. The molecule has 0 fully saturated rings. The van der Waals surface area contributed by atoms with Crippen LogP contribution < -0.4 is 15.5 Å². The smallest absolute Gasteiger partial charge is 0.259 e. The quantitative estimate of drug-likeness (QED) is 0.610. The van der Waals surface area contributed by atoms with Crippen LogP contribution in [-0.2, 0) is 11.2 Å². The number of carbonyl (C=O) groups excluding carboxylic acids is 1. The van der Waals surface area contributed by atoms with E-state index in [1.54, 1.807) is 13.3 Å². The first-order valence-corrected chi connectivity index (χ1v) is 7.50. The van der Waals surface area contributed by atoms with Crippen molar-refractivity contribution in [3.8, 4) is 5.75 Å². The minimum absolute atomic E-state index is 0.151. The van der Waals surface area contributed by atoms with Crippen LogP contribution in [0.5, 0.6) is 5.75 Å². The molecule has 0 aliphatic carbocycles. The van der Waals surface area contributed by atoms with E-state index in [-0.39, 0.29) is 12.5 Å². The SMILES string of the molecule is CCc1ccc(/C=N\NC(=O)CNc2ccc(OC)cc2)cc1. The lowest BCUT2D eigenvalue weighted by Gasteiger charge is -2.06. The lowest BCUT2D eigenvalue weighted by atomic mass is 10.1. The third kappa shape index (κ3) is 5.47. The van der Waals surface area contributed by atoms with E-state index in [0.717, 1.165) is 23.4 Å². The topological polar surface area (TPSA) is 62.7 Å². The molecule has 120 valence electrons. The zero-order chi connectivity index (χ0) is 16.5. The Hall–Kier alpha value is -2.82. The fraction of sp³-hybridized carbons (Fsp3) is 0.222. The average Bonchev–Trinajstić information content (AvgIpc) is 2.61. The Kier molecular flexibility index (Phi) is 6.17. The van der Waals surface area contributed by atoms with Gasteiger partial charge in [-0.2, -0.15) is 5.10 Å². The zero-order valence-corrected chi connectivity index (χ0v) is 13.4. The van der Waals surface area contributed by atoms with Crippen LogP contribution in [-0.4, -0.2) is 25.8 Å². The summed E-state index contributed by atoms with van der Waals surface area (Å²) >= 11 is 0. The molecule has 2 aromatic carbocycles. The maximum atomic E-state index is 11.7. The van der Waals surface area contributed by atoms with Crippen molar-refractivity contribution in [2.24, 2.45) is 5.10 Å². The Balaban J connectivity index is 1.76. The van der Waals surface area contributed by atoms with Crippen LogP contribution in [0.25, 0.3) is 0 Å². The number of hydrogen-bond acceptors (Lipinski definition) is 4. The number of aryl methyl sites for hydroxylation is 1. The van der Waals surface area contributed by atoms with Gasteiger partial charge < -0.3 is 10.1 Å². The zero-order valence-electron chi connectivity index (χ0n) is 13.4. The molecule has 0 atom stereocenters. The molecule has 0 bridgehead atoms. The highest BCUT2D eigenvalue weighted by molar-refractivity contribution is 5.84. The predicted octanol–water partition coefficient (Wildman–Crippen LogP) is 2.82. The highest BCUT2D eigenvalue weighted by Gasteiger charge is 1.99. The van der Waals surface area contributed by atoms with Crippen molar-refractivity contribution in [1.29, 1.82) is 0 Å². The maximum absolute atomic E-state index is 11.7. The second-order valence-electron chi connectivity index (χ2n) is 4.97.